The molecule has 1 atom stereocenters. The van der Waals surface area contributed by atoms with E-state index in [0.29, 0.717) is 6.54 Å². The van der Waals surface area contributed by atoms with Crippen molar-refractivity contribution in [1.29, 1.82) is 0 Å². The highest BCUT2D eigenvalue weighted by Crippen LogP contribution is 2.28. The van der Waals surface area contributed by atoms with Gasteiger partial charge in [0.2, 0.25) is 0 Å². The van der Waals surface area contributed by atoms with Gasteiger partial charge < -0.3 is 10.1 Å². The second-order valence-electron chi connectivity index (χ2n) is 6.42. The van der Waals surface area contributed by atoms with Gasteiger partial charge in [0.15, 0.2) is 9.84 Å². The average molecular weight is 344 g/mol. The molecule has 0 aliphatic carbocycles. The molecule has 1 heterocycles. The number of nitrogens with one attached hydrogen (secondary N) is 2. The molecule has 2 rings (SSSR count). The SMILES string of the molecule is CC(C)(C)OC(=O)Nc1ccc(C2CNCCS2(=O)=O)c(F)c1. The molecule has 0 aromatic heterocycles. The highest BCUT2D eigenvalue weighted by molar-refractivity contribution is 7.91. The zero-order valence-electron chi connectivity index (χ0n) is 13.3. The summed E-state index contributed by atoms with van der Waals surface area (Å²) in [7, 11) is -3.37. The van der Waals surface area contributed by atoms with E-state index in [9.17, 15) is 17.6 Å². The van der Waals surface area contributed by atoms with Crippen molar-refractivity contribution in [3.05, 3.63) is 29.6 Å². The minimum absolute atomic E-state index is 0.0188. The lowest BCUT2D eigenvalue weighted by atomic mass is 10.1. The number of hydrogen-bond donors (Lipinski definition) is 2. The first-order valence-electron chi connectivity index (χ1n) is 7.30. The van der Waals surface area contributed by atoms with Crippen LogP contribution in [0.4, 0.5) is 14.9 Å². The molecule has 23 heavy (non-hydrogen) atoms. The van der Waals surface area contributed by atoms with Crippen LogP contribution in [0.15, 0.2) is 18.2 Å². The van der Waals surface area contributed by atoms with Crippen molar-refractivity contribution in [3.63, 3.8) is 0 Å². The zero-order chi connectivity index (χ0) is 17.3. The molecule has 6 nitrogen and oxygen atoms in total. The third-order valence-electron chi connectivity index (χ3n) is 3.32. The van der Waals surface area contributed by atoms with Crippen molar-refractivity contribution in [2.45, 2.75) is 31.6 Å². The van der Waals surface area contributed by atoms with E-state index in [1.54, 1.807) is 20.8 Å². The van der Waals surface area contributed by atoms with Crippen LogP contribution in [0.2, 0.25) is 0 Å². The first kappa shape index (κ1) is 17.7. The van der Waals surface area contributed by atoms with E-state index in [1.807, 2.05) is 0 Å². The number of anilines is 1. The van der Waals surface area contributed by atoms with Crippen molar-refractivity contribution < 1.29 is 22.3 Å². The summed E-state index contributed by atoms with van der Waals surface area (Å²) in [4.78, 5) is 11.7. The van der Waals surface area contributed by atoms with Gasteiger partial charge in [-0.05, 0) is 32.9 Å². The maximum Gasteiger partial charge on any atom is 0.412 e. The van der Waals surface area contributed by atoms with Crippen molar-refractivity contribution in [1.82, 2.24) is 5.32 Å². The lowest BCUT2D eigenvalue weighted by molar-refractivity contribution is 0.0636. The van der Waals surface area contributed by atoms with Crippen molar-refractivity contribution in [3.8, 4) is 0 Å². The van der Waals surface area contributed by atoms with Gasteiger partial charge in [0.25, 0.3) is 0 Å². The molecule has 1 unspecified atom stereocenters. The molecule has 1 aliphatic heterocycles. The summed E-state index contributed by atoms with van der Waals surface area (Å²) in [6, 6.07) is 3.95. The van der Waals surface area contributed by atoms with Crippen LogP contribution < -0.4 is 10.6 Å². The standard InChI is InChI=1S/C15H21FN2O4S/c1-15(2,3)22-14(19)18-10-4-5-11(12(16)8-10)13-9-17-6-7-23(13,20)21/h4-5,8,13,17H,6-7,9H2,1-3H3,(H,18,19). The van der Waals surface area contributed by atoms with Gasteiger partial charge in [-0.25, -0.2) is 17.6 Å². The molecule has 0 saturated carbocycles. The largest absolute Gasteiger partial charge is 0.444 e. The quantitative estimate of drug-likeness (QED) is 0.859. The molecule has 0 bridgehead atoms. The van der Waals surface area contributed by atoms with Gasteiger partial charge in [-0.15, -0.1) is 0 Å². The van der Waals surface area contributed by atoms with E-state index in [0.717, 1.165) is 6.07 Å². The van der Waals surface area contributed by atoms with E-state index < -0.39 is 32.6 Å². The summed E-state index contributed by atoms with van der Waals surface area (Å²) in [5, 5.41) is 4.47. The van der Waals surface area contributed by atoms with Crippen LogP contribution in [-0.4, -0.2) is 39.0 Å². The molecule has 1 aliphatic rings. The normalized spacial score (nSPS) is 20.8. The van der Waals surface area contributed by atoms with Gasteiger partial charge in [0.05, 0.1) is 5.75 Å². The summed E-state index contributed by atoms with van der Waals surface area (Å²) in [6.45, 7) is 5.71. The molecule has 1 saturated heterocycles. The number of rotatable bonds is 2. The molecule has 1 aromatic rings. The van der Waals surface area contributed by atoms with E-state index in [-0.39, 0.29) is 23.5 Å². The molecule has 1 aromatic carbocycles. The highest BCUT2D eigenvalue weighted by atomic mass is 32.2. The van der Waals surface area contributed by atoms with E-state index in [2.05, 4.69) is 10.6 Å². The maximum atomic E-state index is 14.3. The zero-order valence-corrected chi connectivity index (χ0v) is 14.2. The van der Waals surface area contributed by atoms with Crippen molar-refractivity contribution >= 4 is 21.6 Å². The second-order valence-corrected chi connectivity index (χ2v) is 8.73. The Morgan fingerprint density at radius 1 is 1.39 bits per heavy atom. The Morgan fingerprint density at radius 2 is 2.09 bits per heavy atom. The molecular weight excluding hydrogens is 323 g/mol. The van der Waals surface area contributed by atoms with Gasteiger partial charge in [-0.1, -0.05) is 6.07 Å². The molecule has 8 heteroatoms. The van der Waals surface area contributed by atoms with Crippen LogP contribution in [0.3, 0.4) is 0 Å². The minimum Gasteiger partial charge on any atom is -0.444 e. The lowest BCUT2D eigenvalue weighted by Gasteiger charge is -2.24. The summed E-state index contributed by atoms with van der Waals surface area (Å²) < 4.78 is 43.5. The van der Waals surface area contributed by atoms with Gasteiger partial charge in [0, 0.05) is 24.3 Å². The van der Waals surface area contributed by atoms with Gasteiger partial charge in [-0.3, -0.25) is 5.32 Å². The first-order chi connectivity index (χ1) is 10.6. The first-order valence-corrected chi connectivity index (χ1v) is 9.02. The summed E-state index contributed by atoms with van der Waals surface area (Å²) >= 11 is 0. The van der Waals surface area contributed by atoms with E-state index in [1.165, 1.54) is 12.1 Å². The third kappa shape index (κ3) is 4.65. The monoisotopic (exact) mass is 344 g/mol. The van der Waals surface area contributed by atoms with Crippen molar-refractivity contribution in [2.24, 2.45) is 0 Å². The van der Waals surface area contributed by atoms with Crippen LogP contribution in [0, 0.1) is 5.82 Å². The smallest absolute Gasteiger partial charge is 0.412 e. The molecule has 1 amide bonds. The molecule has 0 spiro atoms. The molecular formula is C15H21FN2O4S. The number of hydrogen-bond acceptors (Lipinski definition) is 5. The Morgan fingerprint density at radius 3 is 2.65 bits per heavy atom. The van der Waals surface area contributed by atoms with Crippen molar-refractivity contribution in [2.75, 3.05) is 24.2 Å². The van der Waals surface area contributed by atoms with Crippen LogP contribution >= 0.6 is 0 Å². The minimum atomic E-state index is -3.37. The Balaban J connectivity index is 2.16. The number of sulfone groups is 1. The molecule has 128 valence electrons. The maximum absolute atomic E-state index is 14.3. The van der Waals surface area contributed by atoms with Crippen LogP contribution in [0.1, 0.15) is 31.6 Å². The Labute approximate surface area is 135 Å². The fourth-order valence-corrected chi connectivity index (χ4v) is 3.97. The Kier molecular flexibility index (Phi) is 4.95. The predicted octanol–water partition coefficient (Wildman–Crippen LogP) is 2.23. The molecule has 0 radical (unpaired) electrons. The average Bonchev–Trinajstić information content (AvgIpc) is 2.37. The summed E-state index contributed by atoms with van der Waals surface area (Å²) in [6.07, 6.45) is -0.698. The number of ether oxygens (including phenoxy) is 1. The third-order valence-corrected chi connectivity index (χ3v) is 5.38. The van der Waals surface area contributed by atoms with Gasteiger partial charge in [-0.2, -0.15) is 0 Å². The lowest BCUT2D eigenvalue weighted by Crippen LogP contribution is -2.39. The number of carbonyl (C=O) groups excluding carboxylic acids is 1. The fraction of sp³-hybridized carbons (Fsp3) is 0.533. The summed E-state index contributed by atoms with van der Waals surface area (Å²) in [5.41, 5.74) is -0.349. The number of halogens is 1. The summed E-state index contributed by atoms with van der Waals surface area (Å²) in [5.74, 6) is -0.689. The van der Waals surface area contributed by atoms with E-state index in [4.69, 9.17) is 4.74 Å². The van der Waals surface area contributed by atoms with Crippen LogP contribution in [0.5, 0.6) is 0 Å². The Bertz CT molecular complexity index is 698. The predicted molar refractivity (Wildman–Crippen MR) is 85.7 cm³/mol. The molecule has 1 fully saturated rings. The number of amides is 1. The number of benzene rings is 1. The van der Waals surface area contributed by atoms with Crippen LogP contribution in [-0.2, 0) is 14.6 Å². The second kappa shape index (κ2) is 6.45. The van der Waals surface area contributed by atoms with E-state index >= 15 is 0 Å². The van der Waals surface area contributed by atoms with Gasteiger partial charge >= 0.3 is 6.09 Å². The Hall–Kier alpha value is -1.67. The topological polar surface area (TPSA) is 84.5 Å². The van der Waals surface area contributed by atoms with Gasteiger partial charge in [0.1, 0.15) is 16.7 Å². The highest BCUT2D eigenvalue weighted by Gasteiger charge is 2.32. The van der Waals surface area contributed by atoms with Crippen LogP contribution in [0.25, 0.3) is 0 Å². The number of carbonyl (C=O) groups is 1. The molecule has 2 N–H and O–H groups in total. The fourth-order valence-electron chi connectivity index (χ4n) is 2.31.